The lowest BCUT2D eigenvalue weighted by Crippen LogP contribution is -2.29. The SMILES string of the molecule is Cn1ccnc1C(NC(=O)/C=C/c1cnn(-c2ccccc2)c1)c1ccc(Cl)cc1. The smallest absolute Gasteiger partial charge is 0.244 e. The monoisotopic (exact) mass is 417 g/mol. The second kappa shape index (κ2) is 8.80. The molecular formula is C23H20ClN5O. The van der Waals surface area contributed by atoms with Gasteiger partial charge in [0.1, 0.15) is 11.9 Å². The molecule has 0 saturated heterocycles. The van der Waals surface area contributed by atoms with E-state index < -0.39 is 6.04 Å². The Labute approximate surface area is 179 Å². The number of carbonyl (C=O) groups excluding carboxylic acids is 1. The number of aromatic nitrogens is 4. The first-order valence-electron chi connectivity index (χ1n) is 9.41. The summed E-state index contributed by atoms with van der Waals surface area (Å²) in [5, 5.41) is 8.00. The van der Waals surface area contributed by atoms with Crippen LogP contribution < -0.4 is 5.32 Å². The molecule has 1 amide bonds. The number of benzene rings is 2. The predicted molar refractivity (Wildman–Crippen MR) is 117 cm³/mol. The highest BCUT2D eigenvalue weighted by atomic mass is 35.5. The molecule has 30 heavy (non-hydrogen) atoms. The van der Waals surface area contributed by atoms with Gasteiger partial charge in [0.15, 0.2) is 0 Å². The molecule has 0 fully saturated rings. The molecule has 1 atom stereocenters. The number of hydrogen-bond donors (Lipinski definition) is 1. The molecule has 2 aromatic heterocycles. The maximum absolute atomic E-state index is 12.7. The van der Waals surface area contributed by atoms with Crippen molar-refractivity contribution < 1.29 is 4.79 Å². The molecule has 7 heteroatoms. The van der Waals surface area contributed by atoms with Gasteiger partial charge in [-0.25, -0.2) is 9.67 Å². The standard InChI is InChI=1S/C23H20ClN5O/c1-28-14-13-25-23(28)22(18-8-10-19(24)11-9-18)27-21(30)12-7-17-15-26-29(16-17)20-5-3-2-4-6-20/h2-16,22H,1H3,(H,27,30)/b12-7+. The number of aryl methyl sites for hydroxylation is 1. The average Bonchev–Trinajstić information content (AvgIpc) is 3.41. The van der Waals surface area contributed by atoms with Crippen LogP contribution in [0.15, 0.2) is 85.5 Å². The first kappa shape index (κ1) is 19.7. The minimum absolute atomic E-state index is 0.231. The molecule has 2 heterocycles. The van der Waals surface area contributed by atoms with Crippen molar-refractivity contribution in [3.05, 3.63) is 107 Å². The van der Waals surface area contributed by atoms with E-state index in [1.165, 1.54) is 6.08 Å². The van der Waals surface area contributed by atoms with Crippen LogP contribution in [0.25, 0.3) is 11.8 Å². The maximum atomic E-state index is 12.7. The van der Waals surface area contributed by atoms with E-state index in [4.69, 9.17) is 11.6 Å². The Kier molecular flexibility index (Phi) is 5.77. The maximum Gasteiger partial charge on any atom is 0.244 e. The zero-order valence-corrected chi connectivity index (χ0v) is 17.1. The number of amides is 1. The first-order chi connectivity index (χ1) is 14.6. The highest BCUT2D eigenvalue weighted by Gasteiger charge is 2.19. The Balaban J connectivity index is 1.51. The van der Waals surface area contributed by atoms with E-state index in [0.717, 1.165) is 22.6 Å². The molecule has 4 aromatic rings. The van der Waals surface area contributed by atoms with Crippen LogP contribution in [0, 0.1) is 0 Å². The van der Waals surface area contributed by atoms with Gasteiger partial charge >= 0.3 is 0 Å². The van der Waals surface area contributed by atoms with Gasteiger partial charge in [-0.1, -0.05) is 41.9 Å². The zero-order valence-electron chi connectivity index (χ0n) is 16.3. The zero-order chi connectivity index (χ0) is 20.9. The number of halogens is 1. The molecule has 6 nitrogen and oxygen atoms in total. The Hall–Kier alpha value is -3.64. The second-order valence-electron chi connectivity index (χ2n) is 6.78. The molecule has 0 bridgehead atoms. The number of rotatable bonds is 6. The number of carbonyl (C=O) groups is 1. The molecule has 0 spiro atoms. The van der Waals surface area contributed by atoms with Crippen molar-refractivity contribution in [2.24, 2.45) is 7.05 Å². The van der Waals surface area contributed by atoms with E-state index in [9.17, 15) is 4.79 Å². The summed E-state index contributed by atoms with van der Waals surface area (Å²) in [6, 6.07) is 16.8. The summed E-state index contributed by atoms with van der Waals surface area (Å²) in [4.78, 5) is 17.1. The van der Waals surface area contributed by atoms with Crippen molar-refractivity contribution in [1.82, 2.24) is 24.6 Å². The van der Waals surface area contributed by atoms with Crippen LogP contribution >= 0.6 is 11.6 Å². The molecule has 1 N–H and O–H groups in total. The van der Waals surface area contributed by atoms with Gasteiger partial charge in [0.05, 0.1) is 11.9 Å². The molecule has 0 aliphatic carbocycles. The van der Waals surface area contributed by atoms with E-state index in [2.05, 4.69) is 15.4 Å². The van der Waals surface area contributed by atoms with Crippen molar-refractivity contribution in [1.29, 1.82) is 0 Å². The number of nitrogens with one attached hydrogen (secondary N) is 1. The molecule has 1 unspecified atom stereocenters. The summed E-state index contributed by atoms with van der Waals surface area (Å²) < 4.78 is 3.65. The summed E-state index contributed by atoms with van der Waals surface area (Å²) in [5.74, 6) is 0.501. The lowest BCUT2D eigenvalue weighted by molar-refractivity contribution is -0.117. The van der Waals surface area contributed by atoms with Crippen molar-refractivity contribution >= 4 is 23.6 Å². The summed E-state index contributed by atoms with van der Waals surface area (Å²) in [6.45, 7) is 0. The predicted octanol–water partition coefficient (Wildman–Crippen LogP) is 4.18. The van der Waals surface area contributed by atoms with Crippen molar-refractivity contribution in [3.63, 3.8) is 0 Å². The van der Waals surface area contributed by atoms with Crippen LogP contribution in [0.4, 0.5) is 0 Å². The van der Waals surface area contributed by atoms with Crippen molar-refractivity contribution in [2.75, 3.05) is 0 Å². The van der Waals surface area contributed by atoms with E-state index in [-0.39, 0.29) is 5.91 Å². The molecule has 0 aliphatic rings. The Morgan fingerprint density at radius 3 is 2.60 bits per heavy atom. The van der Waals surface area contributed by atoms with Crippen LogP contribution in [0.2, 0.25) is 5.02 Å². The minimum atomic E-state index is -0.397. The topological polar surface area (TPSA) is 64.7 Å². The quantitative estimate of drug-likeness (QED) is 0.479. The number of hydrogen-bond acceptors (Lipinski definition) is 3. The van der Waals surface area contributed by atoms with Gasteiger partial charge in [-0.05, 0) is 35.9 Å². The van der Waals surface area contributed by atoms with E-state index >= 15 is 0 Å². The van der Waals surface area contributed by atoms with Crippen molar-refractivity contribution in [2.45, 2.75) is 6.04 Å². The molecule has 2 aromatic carbocycles. The van der Waals surface area contributed by atoms with Gasteiger partial charge in [-0.15, -0.1) is 0 Å². The summed E-state index contributed by atoms with van der Waals surface area (Å²) in [5.41, 5.74) is 2.68. The van der Waals surface area contributed by atoms with Crippen LogP contribution in [0.1, 0.15) is 23.0 Å². The highest BCUT2D eigenvalue weighted by Crippen LogP contribution is 2.22. The average molecular weight is 418 g/mol. The number of para-hydroxylation sites is 1. The minimum Gasteiger partial charge on any atom is -0.339 e. The number of nitrogens with zero attached hydrogens (tertiary/aromatic N) is 4. The van der Waals surface area contributed by atoms with Crippen LogP contribution in [0.5, 0.6) is 0 Å². The summed E-state index contributed by atoms with van der Waals surface area (Å²) in [7, 11) is 1.89. The third-order valence-electron chi connectivity index (χ3n) is 4.66. The largest absolute Gasteiger partial charge is 0.339 e. The van der Waals surface area contributed by atoms with Gasteiger partial charge < -0.3 is 9.88 Å². The fourth-order valence-corrected chi connectivity index (χ4v) is 3.24. The normalized spacial score (nSPS) is 12.2. The third-order valence-corrected chi connectivity index (χ3v) is 4.91. The van der Waals surface area contributed by atoms with Gasteiger partial charge in [-0.3, -0.25) is 4.79 Å². The Morgan fingerprint density at radius 1 is 1.13 bits per heavy atom. The second-order valence-corrected chi connectivity index (χ2v) is 7.21. The third kappa shape index (κ3) is 4.50. The number of imidazole rings is 1. The van der Waals surface area contributed by atoms with Gasteiger partial charge in [-0.2, -0.15) is 5.10 Å². The molecule has 150 valence electrons. The fourth-order valence-electron chi connectivity index (χ4n) is 3.11. The molecule has 4 rings (SSSR count). The molecule has 0 aliphatic heterocycles. The highest BCUT2D eigenvalue weighted by molar-refractivity contribution is 6.30. The van der Waals surface area contributed by atoms with Gasteiger partial charge in [0, 0.05) is 42.3 Å². The molecule has 0 radical (unpaired) electrons. The van der Waals surface area contributed by atoms with E-state index in [0.29, 0.717) is 5.02 Å². The van der Waals surface area contributed by atoms with Crippen molar-refractivity contribution in [3.8, 4) is 5.69 Å². The lowest BCUT2D eigenvalue weighted by Gasteiger charge is -2.18. The van der Waals surface area contributed by atoms with E-state index in [1.807, 2.05) is 66.5 Å². The summed E-state index contributed by atoms with van der Waals surface area (Å²) >= 11 is 6.01. The Bertz CT molecular complexity index is 1160. The van der Waals surface area contributed by atoms with Crippen LogP contribution in [-0.2, 0) is 11.8 Å². The molecular weight excluding hydrogens is 398 g/mol. The van der Waals surface area contributed by atoms with Crippen LogP contribution in [0.3, 0.4) is 0 Å². The van der Waals surface area contributed by atoms with E-state index in [1.54, 1.807) is 35.3 Å². The fraction of sp³-hybridized carbons (Fsp3) is 0.0870. The van der Waals surface area contributed by atoms with Crippen LogP contribution in [-0.4, -0.2) is 25.2 Å². The Morgan fingerprint density at radius 2 is 1.90 bits per heavy atom. The lowest BCUT2D eigenvalue weighted by atomic mass is 10.1. The van der Waals surface area contributed by atoms with Gasteiger partial charge in [0.25, 0.3) is 0 Å². The van der Waals surface area contributed by atoms with Gasteiger partial charge in [0.2, 0.25) is 5.91 Å². The first-order valence-corrected chi connectivity index (χ1v) is 9.79. The molecule has 0 saturated carbocycles. The summed E-state index contributed by atoms with van der Waals surface area (Å²) in [6.07, 6.45) is 10.4.